The smallest absolute Gasteiger partial charge is 0.225 e. The van der Waals surface area contributed by atoms with E-state index < -0.39 is 0 Å². The molecule has 0 radical (unpaired) electrons. The van der Waals surface area contributed by atoms with Crippen LogP contribution in [0.2, 0.25) is 0 Å². The van der Waals surface area contributed by atoms with Crippen LogP contribution in [0.1, 0.15) is 18.4 Å². The van der Waals surface area contributed by atoms with Gasteiger partial charge < -0.3 is 14.6 Å². The van der Waals surface area contributed by atoms with Crippen LogP contribution in [-0.4, -0.2) is 28.4 Å². The van der Waals surface area contributed by atoms with E-state index in [1.54, 1.807) is 18.2 Å². The standard InChI is InChI=1S/C24H23FN4O/c25-19-9-2-1-7-17(19)15-26-24(30)18-8-5-13-28(16-18)23-22-12-6-14-29(22)21-11-4-3-10-20(21)27-23/h1-4,6-7,9-12,14,18H,5,8,13,15-16H2,(H,26,30)/t18-/m0/s1. The maximum atomic E-state index is 13.8. The van der Waals surface area contributed by atoms with Crippen LogP contribution in [0.5, 0.6) is 0 Å². The number of fused-ring (bicyclic) bond motifs is 3. The zero-order chi connectivity index (χ0) is 20.5. The highest BCUT2D eigenvalue weighted by Crippen LogP contribution is 2.29. The topological polar surface area (TPSA) is 49.6 Å². The largest absolute Gasteiger partial charge is 0.354 e. The minimum Gasteiger partial charge on any atom is -0.354 e. The van der Waals surface area contributed by atoms with Gasteiger partial charge in [-0.3, -0.25) is 4.79 Å². The van der Waals surface area contributed by atoms with Crippen LogP contribution in [0.25, 0.3) is 16.6 Å². The molecule has 0 aliphatic carbocycles. The molecule has 0 bridgehead atoms. The number of aromatic nitrogens is 2. The first-order valence-corrected chi connectivity index (χ1v) is 10.3. The summed E-state index contributed by atoms with van der Waals surface area (Å²) in [4.78, 5) is 19.9. The third-order valence-corrected chi connectivity index (χ3v) is 5.85. The number of hydrogen-bond acceptors (Lipinski definition) is 3. The van der Waals surface area contributed by atoms with E-state index in [0.717, 1.165) is 41.8 Å². The quantitative estimate of drug-likeness (QED) is 0.558. The van der Waals surface area contributed by atoms with Crippen molar-refractivity contribution in [3.05, 3.63) is 78.2 Å². The maximum Gasteiger partial charge on any atom is 0.225 e. The second kappa shape index (κ2) is 7.78. The van der Waals surface area contributed by atoms with Gasteiger partial charge in [0.05, 0.1) is 22.5 Å². The van der Waals surface area contributed by atoms with E-state index in [2.05, 4.69) is 26.8 Å². The number of halogens is 1. The van der Waals surface area contributed by atoms with E-state index in [1.807, 2.05) is 30.5 Å². The van der Waals surface area contributed by atoms with Gasteiger partial charge in [0, 0.05) is 31.4 Å². The highest BCUT2D eigenvalue weighted by atomic mass is 19.1. The van der Waals surface area contributed by atoms with Gasteiger partial charge in [-0.1, -0.05) is 30.3 Å². The van der Waals surface area contributed by atoms with Gasteiger partial charge in [0.25, 0.3) is 0 Å². The van der Waals surface area contributed by atoms with Crippen LogP contribution in [0.15, 0.2) is 66.9 Å². The number of hydrogen-bond donors (Lipinski definition) is 1. The second-order valence-electron chi connectivity index (χ2n) is 7.78. The normalized spacial score (nSPS) is 16.8. The van der Waals surface area contributed by atoms with Crippen LogP contribution in [-0.2, 0) is 11.3 Å². The van der Waals surface area contributed by atoms with Crippen molar-refractivity contribution in [3.8, 4) is 0 Å². The van der Waals surface area contributed by atoms with Crippen molar-refractivity contribution in [2.24, 2.45) is 5.92 Å². The SMILES string of the molecule is O=C(NCc1ccccc1F)[C@H]1CCCN(c2nc3ccccc3n3cccc23)C1. The van der Waals surface area contributed by atoms with E-state index in [1.165, 1.54) is 6.07 Å². The van der Waals surface area contributed by atoms with Crippen molar-refractivity contribution in [2.75, 3.05) is 18.0 Å². The van der Waals surface area contributed by atoms with E-state index in [0.29, 0.717) is 12.1 Å². The third kappa shape index (κ3) is 3.38. The molecule has 0 spiro atoms. The van der Waals surface area contributed by atoms with Crippen molar-refractivity contribution >= 4 is 28.3 Å². The second-order valence-corrected chi connectivity index (χ2v) is 7.78. The molecule has 0 saturated carbocycles. The van der Waals surface area contributed by atoms with Crippen molar-refractivity contribution in [1.82, 2.24) is 14.7 Å². The summed E-state index contributed by atoms with van der Waals surface area (Å²) >= 11 is 0. The lowest BCUT2D eigenvalue weighted by molar-refractivity contribution is -0.125. The first kappa shape index (κ1) is 18.6. The molecule has 152 valence electrons. The summed E-state index contributed by atoms with van der Waals surface area (Å²) in [6, 6.07) is 18.7. The number of carbonyl (C=O) groups is 1. The monoisotopic (exact) mass is 402 g/mol. The Morgan fingerprint density at radius 2 is 1.87 bits per heavy atom. The predicted octanol–water partition coefficient (Wildman–Crippen LogP) is 4.16. The fraction of sp³-hybridized carbons (Fsp3) is 0.250. The van der Waals surface area contributed by atoms with Gasteiger partial charge in [-0.2, -0.15) is 0 Å². The zero-order valence-corrected chi connectivity index (χ0v) is 16.6. The van der Waals surface area contributed by atoms with E-state index >= 15 is 0 Å². The van der Waals surface area contributed by atoms with Gasteiger partial charge in [0.15, 0.2) is 5.82 Å². The fourth-order valence-electron chi connectivity index (χ4n) is 4.29. The summed E-state index contributed by atoms with van der Waals surface area (Å²) in [6.07, 6.45) is 3.79. The molecule has 0 unspecified atom stereocenters. The Kier molecular flexibility index (Phi) is 4.83. The molecular weight excluding hydrogens is 379 g/mol. The van der Waals surface area contributed by atoms with Gasteiger partial charge in [0.2, 0.25) is 5.91 Å². The molecule has 3 heterocycles. The maximum absolute atomic E-state index is 13.8. The van der Waals surface area contributed by atoms with Crippen molar-refractivity contribution in [2.45, 2.75) is 19.4 Å². The van der Waals surface area contributed by atoms with Gasteiger partial charge in [-0.15, -0.1) is 0 Å². The fourth-order valence-corrected chi connectivity index (χ4v) is 4.29. The zero-order valence-electron chi connectivity index (χ0n) is 16.6. The molecule has 5 nitrogen and oxygen atoms in total. The van der Waals surface area contributed by atoms with Crippen LogP contribution in [0.4, 0.5) is 10.2 Å². The number of amides is 1. The summed E-state index contributed by atoms with van der Waals surface area (Å²) in [5.41, 5.74) is 3.55. The Morgan fingerprint density at radius 1 is 1.07 bits per heavy atom. The Hall–Kier alpha value is -3.41. The highest BCUT2D eigenvalue weighted by molar-refractivity contribution is 5.86. The lowest BCUT2D eigenvalue weighted by Crippen LogP contribution is -2.43. The molecule has 1 amide bonds. The number of nitrogens with zero attached hydrogens (tertiary/aromatic N) is 3. The molecular formula is C24H23FN4O. The summed E-state index contributed by atoms with van der Waals surface area (Å²) < 4.78 is 16.0. The molecule has 5 rings (SSSR count). The molecule has 1 atom stereocenters. The Labute approximate surface area is 174 Å². The number of rotatable bonds is 4. The first-order chi connectivity index (χ1) is 14.7. The summed E-state index contributed by atoms with van der Waals surface area (Å²) in [5.74, 6) is 0.438. The average Bonchev–Trinajstić information content (AvgIpc) is 3.28. The number of piperidine rings is 1. The summed E-state index contributed by atoms with van der Waals surface area (Å²) in [5, 5.41) is 2.91. The van der Waals surface area contributed by atoms with Crippen molar-refractivity contribution in [1.29, 1.82) is 0 Å². The Balaban J connectivity index is 1.37. The lowest BCUT2D eigenvalue weighted by Gasteiger charge is -2.33. The molecule has 1 aliphatic heterocycles. The number of nitrogens with one attached hydrogen (secondary N) is 1. The molecule has 4 aromatic rings. The average molecular weight is 402 g/mol. The van der Waals surface area contributed by atoms with E-state index in [4.69, 9.17) is 4.98 Å². The number of benzene rings is 2. The minimum atomic E-state index is -0.293. The Morgan fingerprint density at radius 3 is 2.77 bits per heavy atom. The summed E-state index contributed by atoms with van der Waals surface area (Å²) in [6.45, 7) is 1.68. The number of carbonyl (C=O) groups excluding carboxylic acids is 1. The molecule has 6 heteroatoms. The van der Waals surface area contributed by atoms with Gasteiger partial charge in [0.1, 0.15) is 5.82 Å². The number of anilines is 1. The molecule has 2 aromatic heterocycles. The van der Waals surface area contributed by atoms with Gasteiger partial charge in [-0.25, -0.2) is 9.37 Å². The van der Waals surface area contributed by atoms with Crippen molar-refractivity contribution < 1.29 is 9.18 Å². The van der Waals surface area contributed by atoms with Crippen LogP contribution >= 0.6 is 0 Å². The van der Waals surface area contributed by atoms with Gasteiger partial charge in [-0.05, 0) is 43.2 Å². The number of para-hydroxylation sites is 2. The first-order valence-electron chi connectivity index (χ1n) is 10.3. The summed E-state index contributed by atoms with van der Waals surface area (Å²) in [7, 11) is 0. The molecule has 2 aromatic carbocycles. The van der Waals surface area contributed by atoms with Crippen molar-refractivity contribution in [3.63, 3.8) is 0 Å². The molecule has 1 saturated heterocycles. The van der Waals surface area contributed by atoms with E-state index in [-0.39, 0.29) is 24.2 Å². The van der Waals surface area contributed by atoms with Crippen LogP contribution < -0.4 is 10.2 Å². The third-order valence-electron chi connectivity index (χ3n) is 5.85. The predicted molar refractivity (Wildman–Crippen MR) is 116 cm³/mol. The van der Waals surface area contributed by atoms with E-state index in [9.17, 15) is 9.18 Å². The molecule has 1 fully saturated rings. The Bertz CT molecular complexity index is 1220. The van der Waals surface area contributed by atoms with Gasteiger partial charge >= 0.3 is 0 Å². The lowest BCUT2D eigenvalue weighted by atomic mass is 9.97. The van der Waals surface area contributed by atoms with Crippen LogP contribution in [0, 0.1) is 11.7 Å². The minimum absolute atomic E-state index is 0.0323. The molecule has 1 aliphatic rings. The molecule has 30 heavy (non-hydrogen) atoms. The highest BCUT2D eigenvalue weighted by Gasteiger charge is 2.28. The molecule has 1 N–H and O–H groups in total. The van der Waals surface area contributed by atoms with Crippen LogP contribution in [0.3, 0.4) is 0 Å².